The lowest BCUT2D eigenvalue weighted by Crippen LogP contribution is -2.26. The largest absolute Gasteiger partial charge is 0.378 e. The van der Waals surface area contributed by atoms with Gasteiger partial charge in [-0.3, -0.25) is 4.79 Å². The summed E-state index contributed by atoms with van der Waals surface area (Å²) in [6.07, 6.45) is 5.88. The van der Waals surface area contributed by atoms with Crippen LogP contribution in [0.3, 0.4) is 0 Å². The predicted molar refractivity (Wildman–Crippen MR) is 94.1 cm³/mol. The number of fused-ring (bicyclic) bond motifs is 1. The maximum Gasteiger partial charge on any atom is 0.253 e. The molecule has 1 heterocycles. The third kappa shape index (κ3) is 4.31. The molecule has 0 saturated heterocycles. The summed E-state index contributed by atoms with van der Waals surface area (Å²) >= 11 is 0. The van der Waals surface area contributed by atoms with Crippen molar-refractivity contribution in [1.82, 2.24) is 15.3 Å². The van der Waals surface area contributed by atoms with Gasteiger partial charge in [-0.1, -0.05) is 12.8 Å². The van der Waals surface area contributed by atoms with Crippen LogP contribution in [0.4, 0.5) is 4.39 Å². The van der Waals surface area contributed by atoms with E-state index in [1.54, 1.807) is 0 Å². The molecule has 1 aliphatic rings. The summed E-state index contributed by atoms with van der Waals surface area (Å²) in [7, 11) is 0. The number of aromatic nitrogens is 2. The van der Waals surface area contributed by atoms with E-state index in [0.717, 1.165) is 30.7 Å². The first kappa shape index (κ1) is 17.7. The lowest BCUT2D eigenvalue weighted by molar-refractivity contribution is 0.0565. The summed E-state index contributed by atoms with van der Waals surface area (Å²) in [6, 6.07) is 2.52. The molecule has 0 bridgehead atoms. The summed E-state index contributed by atoms with van der Waals surface area (Å²) in [6.45, 7) is 4.76. The average Bonchev–Trinajstić information content (AvgIpc) is 3.08. The number of aryl methyl sites for hydroxylation is 2. The number of carbonyl (C=O) groups is 1. The Morgan fingerprint density at radius 2 is 1.96 bits per heavy atom. The smallest absolute Gasteiger partial charge is 0.253 e. The second-order valence-corrected chi connectivity index (χ2v) is 6.60. The monoisotopic (exact) mass is 345 g/mol. The van der Waals surface area contributed by atoms with Crippen LogP contribution >= 0.6 is 0 Å². The van der Waals surface area contributed by atoms with E-state index in [0.29, 0.717) is 30.3 Å². The van der Waals surface area contributed by atoms with E-state index in [1.165, 1.54) is 25.0 Å². The van der Waals surface area contributed by atoms with Gasteiger partial charge < -0.3 is 10.1 Å². The Morgan fingerprint density at radius 1 is 1.24 bits per heavy atom. The van der Waals surface area contributed by atoms with Crippen molar-refractivity contribution in [2.24, 2.45) is 0 Å². The number of nitrogens with one attached hydrogen (secondary N) is 1. The number of ether oxygens (including phenoxy) is 1. The molecule has 0 radical (unpaired) electrons. The summed E-state index contributed by atoms with van der Waals surface area (Å²) in [5.41, 5.74) is 2.52. The van der Waals surface area contributed by atoms with Gasteiger partial charge >= 0.3 is 0 Å². The first-order chi connectivity index (χ1) is 12.0. The Balaban J connectivity index is 1.62. The number of halogens is 1. The van der Waals surface area contributed by atoms with Crippen LogP contribution in [0.15, 0.2) is 12.1 Å². The molecule has 0 spiro atoms. The number of hydrogen-bond donors (Lipinski definition) is 1. The predicted octanol–water partition coefficient (Wildman–Crippen LogP) is 3.46. The standard InChI is InChI=1S/C19H24FN3O2/c1-12-13(2)23-18-16(10-14(20)11-17(18)22-12)19(24)21-8-5-9-25-15-6-3-4-7-15/h10-11,15H,3-9H2,1-2H3,(H,21,24). The molecule has 0 unspecified atom stereocenters. The van der Waals surface area contributed by atoms with Crippen LogP contribution in [0.25, 0.3) is 11.0 Å². The van der Waals surface area contributed by atoms with Gasteiger partial charge in [0.15, 0.2) is 0 Å². The lowest BCUT2D eigenvalue weighted by atomic mass is 10.1. The number of rotatable bonds is 6. The number of hydrogen-bond acceptors (Lipinski definition) is 4. The van der Waals surface area contributed by atoms with Crippen LogP contribution in [0.5, 0.6) is 0 Å². The molecule has 1 fully saturated rings. The summed E-state index contributed by atoms with van der Waals surface area (Å²) in [4.78, 5) is 21.2. The molecule has 6 heteroatoms. The molecule has 3 rings (SSSR count). The van der Waals surface area contributed by atoms with Crippen molar-refractivity contribution in [3.05, 3.63) is 34.9 Å². The minimum Gasteiger partial charge on any atom is -0.378 e. The fraction of sp³-hybridized carbons (Fsp3) is 0.526. The molecule has 1 amide bonds. The Morgan fingerprint density at radius 3 is 2.72 bits per heavy atom. The fourth-order valence-electron chi connectivity index (χ4n) is 3.15. The number of amides is 1. The zero-order valence-electron chi connectivity index (χ0n) is 14.8. The topological polar surface area (TPSA) is 64.1 Å². The Labute approximate surface area is 147 Å². The SMILES string of the molecule is Cc1nc2cc(F)cc(C(=O)NCCCOC3CCCC3)c2nc1C. The van der Waals surface area contributed by atoms with E-state index in [9.17, 15) is 9.18 Å². The summed E-state index contributed by atoms with van der Waals surface area (Å²) in [5, 5.41) is 2.82. The number of nitrogens with zero attached hydrogens (tertiary/aromatic N) is 2. The molecule has 5 nitrogen and oxygen atoms in total. The van der Waals surface area contributed by atoms with E-state index in [2.05, 4.69) is 15.3 Å². The van der Waals surface area contributed by atoms with Gasteiger partial charge in [0.1, 0.15) is 11.3 Å². The third-order valence-electron chi connectivity index (χ3n) is 4.65. The molecular formula is C19H24FN3O2. The van der Waals surface area contributed by atoms with Crippen LogP contribution < -0.4 is 5.32 Å². The van der Waals surface area contributed by atoms with Crippen LogP contribution in [-0.4, -0.2) is 35.1 Å². The Kier molecular flexibility index (Phi) is 5.58. The third-order valence-corrected chi connectivity index (χ3v) is 4.65. The van der Waals surface area contributed by atoms with Crippen molar-refractivity contribution in [1.29, 1.82) is 0 Å². The van der Waals surface area contributed by atoms with Gasteiger partial charge in [0.25, 0.3) is 5.91 Å². The van der Waals surface area contributed by atoms with Gasteiger partial charge in [-0.05, 0) is 39.2 Å². The highest BCUT2D eigenvalue weighted by Crippen LogP contribution is 2.21. The Bertz CT molecular complexity index is 773. The highest BCUT2D eigenvalue weighted by atomic mass is 19.1. The molecule has 2 aromatic rings. The molecule has 1 aromatic heterocycles. The highest BCUT2D eigenvalue weighted by molar-refractivity contribution is 6.04. The second kappa shape index (κ2) is 7.87. The van der Waals surface area contributed by atoms with Gasteiger partial charge in [-0.2, -0.15) is 0 Å². The van der Waals surface area contributed by atoms with Crippen molar-refractivity contribution < 1.29 is 13.9 Å². The van der Waals surface area contributed by atoms with Crippen molar-refractivity contribution in [3.8, 4) is 0 Å². The number of benzene rings is 1. The molecule has 25 heavy (non-hydrogen) atoms. The summed E-state index contributed by atoms with van der Waals surface area (Å²) in [5.74, 6) is -0.817. The molecule has 1 saturated carbocycles. The van der Waals surface area contributed by atoms with Gasteiger partial charge in [0.2, 0.25) is 0 Å². The van der Waals surface area contributed by atoms with Gasteiger partial charge in [0, 0.05) is 19.2 Å². The normalized spacial score (nSPS) is 15.0. The van der Waals surface area contributed by atoms with Crippen molar-refractivity contribution >= 4 is 16.9 Å². The van der Waals surface area contributed by atoms with E-state index in [-0.39, 0.29) is 11.5 Å². The molecule has 0 atom stereocenters. The fourth-order valence-corrected chi connectivity index (χ4v) is 3.15. The minimum absolute atomic E-state index is 0.224. The van der Waals surface area contributed by atoms with Crippen molar-refractivity contribution in [2.45, 2.75) is 52.1 Å². The number of carbonyl (C=O) groups excluding carboxylic acids is 1. The zero-order valence-corrected chi connectivity index (χ0v) is 14.8. The molecule has 1 N–H and O–H groups in total. The summed E-state index contributed by atoms with van der Waals surface area (Å²) < 4.78 is 19.6. The molecule has 0 aliphatic heterocycles. The second-order valence-electron chi connectivity index (χ2n) is 6.60. The van der Waals surface area contributed by atoms with E-state index < -0.39 is 5.82 Å². The highest BCUT2D eigenvalue weighted by Gasteiger charge is 2.16. The zero-order chi connectivity index (χ0) is 17.8. The maximum absolute atomic E-state index is 13.8. The van der Waals surface area contributed by atoms with E-state index in [1.807, 2.05) is 13.8 Å². The van der Waals surface area contributed by atoms with E-state index in [4.69, 9.17) is 4.74 Å². The first-order valence-corrected chi connectivity index (χ1v) is 8.89. The van der Waals surface area contributed by atoms with Crippen molar-refractivity contribution in [3.63, 3.8) is 0 Å². The molecule has 1 aliphatic carbocycles. The lowest BCUT2D eigenvalue weighted by Gasteiger charge is -2.12. The van der Waals surface area contributed by atoms with Gasteiger partial charge in [0.05, 0.1) is 28.6 Å². The molecule has 1 aromatic carbocycles. The van der Waals surface area contributed by atoms with Crippen LogP contribution in [0, 0.1) is 19.7 Å². The maximum atomic E-state index is 13.8. The van der Waals surface area contributed by atoms with Crippen LogP contribution in [0.1, 0.15) is 53.8 Å². The molecular weight excluding hydrogens is 321 g/mol. The quantitative estimate of drug-likeness (QED) is 0.814. The van der Waals surface area contributed by atoms with Gasteiger partial charge in [-0.25, -0.2) is 14.4 Å². The van der Waals surface area contributed by atoms with Crippen LogP contribution in [0.2, 0.25) is 0 Å². The van der Waals surface area contributed by atoms with Crippen LogP contribution in [-0.2, 0) is 4.74 Å². The molecule has 134 valence electrons. The Hall–Kier alpha value is -2.08. The van der Waals surface area contributed by atoms with Crippen molar-refractivity contribution in [2.75, 3.05) is 13.2 Å². The average molecular weight is 345 g/mol. The first-order valence-electron chi connectivity index (χ1n) is 8.89. The minimum atomic E-state index is -0.486. The van der Waals surface area contributed by atoms with E-state index >= 15 is 0 Å². The van der Waals surface area contributed by atoms with Gasteiger partial charge in [-0.15, -0.1) is 0 Å².